The molecule has 0 saturated heterocycles. The first-order valence-corrected chi connectivity index (χ1v) is 5.91. The zero-order valence-corrected chi connectivity index (χ0v) is 11.3. The van der Waals surface area contributed by atoms with Crippen molar-refractivity contribution in [3.63, 3.8) is 0 Å². The maximum absolute atomic E-state index is 11.3. The third-order valence-electron chi connectivity index (χ3n) is 2.40. The Hall–Kier alpha value is -2.22. The van der Waals surface area contributed by atoms with Gasteiger partial charge in [-0.15, -0.1) is 0 Å². The van der Waals surface area contributed by atoms with Gasteiger partial charge in [0.15, 0.2) is 0 Å². The molecule has 0 bridgehead atoms. The van der Waals surface area contributed by atoms with Crippen molar-refractivity contribution in [3.8, 4) is 11.4 Å². The van der Waals surface area contributed by atoms with Gasteiger partial charge in [0.2, 0.25) is 10.4 Å². The molecule has 19 heavy (non-hydrogen) atoms. The molecular formula is C11H8BrN3O4. The van der Waals surface area contributed by atoms with Gasteiger partial charge in [0.1, 0.15) is 0 Å². The molecule has 8 heteroatoms. The van der Waals surface area contributed by atoms with Crippen molar-refractivity contribution in [1.29, 1.82) is 0 Å². The average Bonchev–Trinajstić information content (AvgIpc) is 2.80. The van der Waals surface area contributed by atoms with E-state index in [0.717, 1.165) is 0 Å². The molecule has 0 saturated carbocycles. The quantitative estimate of drug-likeness (QED) is 0.531. The number of carbonyl (C=O) groups is 1. The molecule has 1 N–H and O–H groups in total. The lowest BCUT2D eigenvalue weighted by Crippen LogP contribution is -2.00. The summed E-state index contributed by atoms with van der Waals surface area (Å²) in [4.78, 5) is 28.0. The van der Waals surface area contributed by atoms with E-state index in [0.29, 0.717) is 17.0 Å². The minimum Gasteiger partial charge on any atom is -0.465 e. The summed E-state index contributed by atoms with van der Waals surface area (Å²) in [6.07, 6.45) is 0. The van der Waals surface area contributed by atoms with Crippen LogP contribution in [0.3, 0.4) is 0 Å². The number of methoxy groups -OCH3 is 1. The van der Waals surface area contributed by atoms with Crippen LogP contribution < -0.4 is 0 Å². The Morgan fingerprint density at radius 1 is 1.42 bits per heavy atom. The molecule has 0 unspecified atom stereocenters. The van der Waals surface area contributed by atoms with Crippen molar-refractivity contribution in [2.24, 2.45) is 0 Å². The van der Waals surface area contributed by atoms with E-state index in [2.05, 4.69) is 30.6 Å². The Bertz CT molecular complexity index is 636. The van der Waals surface area contributed by atoms with Gasteiger partial charge in [-0.1, -0.05) is 0 Å². The highest BCUT2D eigenvalue weighted by molar-refractivity contribution is 9.10. The predicted octanol–water partition coefficient (Wildman–Crippen LogP) is 2.53. The highest BCUT2D eigenvalue weighted by atomic mass is 79.9. The van der Waals surface area contributed by atoms with Crippen molar-refractivity contribution in [1.82, 2.24) is 9.97 Å². The van der Waals surface area contributed by atoms with E-state index < -0.39 is 10.9 Å². The number of ether oxygens (including phenoxy) is 1. The molecule has 98 valence electrons. The number of halogens is 1. The molecule has 0 spiro atoms. The number of benzene rings is 1. The molecule has 0 atom stereocenters. The van der Waals surface area contributed by atoms with Gasteiger partial charge < -0.3 is 14.9 Å². The number of hydrogen-bond donors (Lipinski definition) is 1. The van der Waals surface area contributed by atoms with Crippen LogP contribution in [-0.2, 0) is 4.74 Å². The van der Waals surface area contributed by atoms with Gasteiger partial charge in [-0.3, -0.25) is 0 Å². The predicted molar refractivity (Wildman–Crippen MR) is 69.7 cm³/mol. The molecule has 0 fully saturated rings. The Labute approximate surface area is 115 Å². The molecule has 0 aliphatic carbocycles. The smallest absolute Gasteiger partial charge is 0.355 e. The second-order valence-electron chi connectivity index (χ2n) is 3.55. The van der Waals surface area contributed by atoms with E-state index in [1.165, 1.54) is 7.11 Å². The Morgan fingerprint density at radius 3 is 2.53 bits per heavy atom. The van der Waals surface area contributed by atoms with Crippen molar-refractivity contribution < 1.29 is 14.5 Å². The summed E-state index contributed by atoms with van der Waals surface area (Å²) in [5.41, 5.74) is 1.02. The third-order valence-corrected chi connectivity index (χ3v) is 2.96. The zero-order valence-electron chi connectivity index (χ0n) is 9.71. The van der Waals surface area contributed by atoms with Crippen LogP contribution in [0.25, 0.3) is 11.4 Å². The summed E-state index contributed by atoms with van der Waals surface area (Å²) in [5.74, 6) is -0.319. The fraction of sp³-hybridized carbons (Fsp3) is 0.0909. The van der Waals surface area contributed by atoms with Crippen LogP contribution in [-0.4, -0.2) is 28.0 Å². The number of esters is 1. The van der Waals surface area contributed by atoms with Gasteiger partial charge in [-0.2, -0.15) is 4.98 Å². The van der Waals surface area contributed by atoms with Crippen LogP contribution in [0, 0.1) is 10.1 Å². The lowest BCUT2D eigenvalue weighted by molar-refractivity contribution is -0.390. The fourth-order valence-corrected chi connectivity index (χ4v) is 1.90. The number of imidazole rings is 1. The van der Waals surface area contributed by atoms with Gasteiger partial charge in [0.05, 0.1) is 12.7 Å². The summed E-state index contributed by atoms with van der Waals surface area (Å²) in [6, 6.07) is 6.37. The highest BCUT2D eigenvalue weighted by Gasteiger charge is 2.18. The molecular weight excluding hydrogens is 318 g/mol. The number of nitrogens with zero attached hydrogens (tertiary/aromatic N) is 2. The van der Waals surface area contributed by atoms with Crippen LogP contribution in [0.15, 0.2) is 28.9 Å². The van der Waals surface area contributed by atoms with Crippen LogP contribution in [0.4, 0.5) is 5.82 Å². The van der Waals surface area contributed by atoms with Crippen molar-refractivity contribution in [2.45, 2.75) is 0 Å². The summed E-state index contributed by atoms with van der Waals surface area (Å²) in [7, 11) is 1.29. The molecule has 0 aliphatic heterocycles. The number of nitro groups is 1. The minimum absolute atomic E-state index is 0.129. The lowest BCUT2D eigenvalue weighted by atomic mass is 10.1. The second kappa shape index (κ2) is 5.19. The van der Waals surface area contributed by atoms with Crippen LogP contribution in [0.2, 0.25) is 0 Å². The number of carbonyl (C=O) groups excluding carboxylic acids is 1. The van der Waals surface area contributed by atoms with Crippen molar-refractivity contribution >= 4 is 27.7 Å². The van der Waals surface area contributed by atoms with Gasteiger partial charge in [0, 0.05) is 5.56 Å². The topological polar surface area (TPSA) is 98.1 Å². The molecule has 1 aromatic carbocycles. The second-order valence-corrected chi connectivity index (χ2v) is 4.30. The maximum atomic E-state index is 11.3. The first kappa shape index (κ1) is 13.2. The van der Waals surface area contributed by atoms with Crippen LogP contribution in [0.1, 0.15) is 10.4 Å². The number of aromatic nitrogens is 2. The molecule has 1 heterocycles. The normalized spacial score (nSPS) is 10.2. The molecule has 0 aliphatic rings. The Kier molecular flexibility index (Phi) is 3.61. The average molecular weight is 326 g/mol. The summed E-state index contributed by atoms with van der Waals surface area (Å²) >= 11 is 3.01. The lowest BCUT2D eigenvalue weighted by Gasteiger charge is -1.99. The Balaban J connectivity index is 2.35. The number of nitrogens with one attached hydrogen (secondary N) is 1. The molecule has 0 radical (unpaired) electrons. The standard InChI is InChI=1S/C11H8BrN3O4/c1-19-11(16)7-4-2-6(3-5-7)9-13-8(12)10(14-9)15(17)18/h2-5H,1H3,(H,13,14). The molecule has 7 nitrogen and oxygen atoms in total. The van der Waals surface area contributed by atoms with E-state index in [-0.39, 0.29) is 10.4 Å². The molecule has 2 aromatic rings. The van der Waals surface area contributed by atoms with E-state index in [1.807, 2.05) is 0 Å². The van der Waals surface area contributed by atoms with Crippen LogP contribution >= 0.6 is 15.9 Å². The molecule has 2 rings (SSSR count). The van der Waals surface area contributed by atoms with Gasteiger partial charge in [-0.05, 0) is 45.1 Å². The monoisotopic (exact) mass is 325 g/mol. The largest absolute Gasteiger partial charge is 0.465 e. The third kappa shape index (κ3) is 2.63. The number of H-pyrrole nitrogens is 1. The van der Waals surface area contributed by atoms with Gasteiger partial charge >= 0.3 is 11.8 Å². The molecule has 0 amide bonds. The minimum atomic E-state index is -0.566. The highest BCUT2D eigenvalue weighted by Crippen LogP contribution is 2.26. The van der Waals surface area contributed by atoms with Gasteiger partial charge in [0.25, 0.3) is 0 Å². The van der Waals surface area contributed by atoms with Crippen LogP contribution in [0.5, 0.6) is 0 Å². The van der Waals surface area contributed by atoms with E-state index >= 15 is 0 Å². The SMILES string of the molecule is COC(=O)c1ccc(-c2nc(Br)c([N+](=O)[O-])[nH]2)cc1. The number of hydrogen-bond acceptors (Lipinski definition) is 5. The summed E-state index contributed by atoms with van der Waals surface area (Å²) in [5, 5.41) is 10.7. The van der Waals surface area contributed by atoms with Crippen molar-refractivity contribution in [2.75, 3.05) is 7.11 Å². The first-order valence-electron chi connectivity index (χ1n) is 5.11. The first-order chi connectivity index (χ1) is 9.02. The fourth-order valence-electron chi connectivity index (χ4n) is 1.48. The Morgan fingerprint density at radius 2 is 2.05 bits per heavy atom. The van der Waals surface area contributed by atoms with E-state index in [1.54, 1.807) is 24.3 Å². The van der Waals surface area contributed by atoms with Gasteiger partial charge in [-0.25, -0.2) is 9.78 Å². The summed E-state index contributed by atoms with van der Waals surface area (Å²) in [6.45, 7) is 0. The zero-order chi connectivity index (χ0) is 14.0. The maximum Gasteiger partial charge on any atom is 0.355 e. The number of rotatable bonds is 3. The molecule has 1 aromatic heterocycles. The van der Waals surface area contributed by atoms with E-state index in [9.17, 15) is 14.9 Å². The van der Waals surface area contributed by atoms with Crippen molar-refractivity contribution in [3.05, 3.63) is 44.5 Å². The van der Waals surface area contributed by atoms with E-state index in [4.69, 9.17) is 0 Å². The number of aromatic amines is 1. The summed E-state index contributed by atoms with van der Waals surface area (Å²) < 4.78 is 4.71.